The van der Waals surface area contributed by atoms with Gasteiger partial charge in [-0.25, -0.2) is 4.79 Å². The average molecular weight is 515 g/mol. The van der Waals surface area contributed by atoms with E-state index in [0.717, 1.165) is 31.7 Å². The van der Waals surface area contributed by atoms with E-state index in [2.05, 4.69) is 15.5 Å². The number of carbonyl (C=O) groups is 3. The van der Waals surface area contributed by atoms with E-state index in [0.29, 0.717) is 76.7 Å². The Morgan fingerprint density at radius 2 is 1.59 bits per heavy atom. The molecule has 0 aromatic heterocycles. The maximum absolute atomic E-state index is 13.3. The van der Waals surface area contributed by atoms with E-state index in [1.165, 1.54) is 0 Å². The predicted molar refractivity (Wildman–Crippen MR) is 144 cm³/mol. The number of piperazine rings is 1. The quantitative estimate of drug-likeness (QED) is 0.639. The number of morpholine rings is 1. The summed E-state index contributed by atoms with van der Waals surface area (Å²) in [5, 5.41) is 6.43. The van der Waals surface area contributed by atoms with Crippen LogP contribution < -0.4 is 15.5 Å². The van der Waals surface area contributed by atoms with Crippen molar-refractivity contribution < 1.29 is 19.1 Å². The smallest absolute Gasteiger partial charge is 0.320 e. The fourth-order valence-electron chi connectivity index (χ4n) is 5.05. The van der Waals surface area contributed by atoms with Gasteiger partial charge in [-0.2, -0.15) is 0 Å². The van der Waals surface area contributed by atoms with Crippen molar-refractivity contribution in [1.82, 2.24) is 20.0 Å². The van der Waals surface area contributed by atoms with Gasteiger partial charge in [-0.1, -0.05) is 20.8 Å². The van der Waals surface area contributed by atoms with Gasteiger partial charge >= 0.3 is 6.03 Å². The highest BCUT2D eigenvalue weighted by molar-refractivity contribution is 6.00. The zero-order valence-corrected chi connectivity index (χ0v) is 22.6. The van der Waals surface area contributed by atoms with Crippen molar-refractivity contribution in [2.24, 2.45) is 5.41 Å². The molecule has 0 unspecified atom stereocenters. The molecule has 10 heteroatoms. The molecular weight excluding hydrogens is 472 g/mol. The Hall–Kier alpha value is -2.85. The van der Waals surface area contributed by atoms with Crippen molar-refractivity contribution in [2.75, 3.05) is 88.9 Å². The van der Waals surface area contributed by atoms with E-state index in [1.54, 1.807) is 0 Å². The minimum atomic E-state index is -0.151. The van der Waals surface area contributed by atoms with Crippen molar-refractivity contribution in [3.8, 4) is 0 Å². The second-order valence-electron chi connectivity index (χ2n) is 11.3. The van der Waals surface area contributed by atoms with Crippen LogP contribution in [0.15, 0.2) is 18.2 Å². The molecule has 0 atom stereocenters. The molecule has 3 aliphatic rings. The van der Waals surface area contributed by atoms with Crippen LogP contribution >= 0.6 is 0 Å². The second-order valence-corrected chi connectivity index (χ2v) is 11.3. The van der Waals surface area contributed by atoms with E-state index in [9.17, 15) is 14.4 Å². The van der Waals surface area contributed by atoms with Crippen molar-refractivity contribution in [2.45, 2.75) is 33.6 Å². The third kappa shape index (κ3) is 7.35. The monoisotopic (exact) mass is 514 g/mol. The molecule has 3 aliphatic heterocycles. The zero-order chi connectivity index (χ0) is 26.4. The van der Waals surface area contributed by atoms with E-state index in [-0.39, 0.29) is 23.3 Å². The summed E-state index contributed by atoms with van der Waals surface area (Å²) in [7, 11) is 0. The maximum atomic E-state index is 13.3. The number of ether oxygens (including phenoxy) is 1. The molecule has 4 amide bonds. The average Bonchev–Trinajstić information content (AvgIpc) is 3.17. The number of amides is 4. The highest BCUT2D eigenvalue weighted by Gasteiger charge is 2.28. The lowest BCUT2D eigenvalue weighted by molar-refractivity contribution is -0.117. The summed E-state index contributed by atoms with van der Waals surface area (Å²) < 4.78 is 5.37. The summed E-state index contributed by atoms with van der Waals surface area (Å²) in [5.74, 6) is -0.0825. The molecule has 2 N–H and O–H groups in total. The van der Waals surface area contributed by atoms with Gasteiger partial charge < -0.3 is 35.0 Å². The molecule has 3 fully saturated rings. The molecule has 1 aromatic rings. The van der Waals surface area contributed by atoms with Gasteiger partial charge in [0, 0.05) is 70.9 Å². The van der Waals surface area contributed by atoms with E-state index < -0.39 is 0 Å². The first-order chi connectivity index (χ1) is 17.7. The van der Waals surface area contributed by atoms with Gasteiger partial charge in [0.15, 0.2) is 0 Å². The fourth-order valence-corrected chi connectivity index (χ4v) is 5.05. The summed E-state index contributed by atoms with van der Waals surface area (Å²) in [5.41, 5.74) is 1.97. The molecule has 10 nitrogen and oxygen atoms in total. The number of nitrogens with one attached hydrogen (secondary N) is 2. The Balaban J connectivity index is 1.49. The van der Waals surface area contributed by atoms with Crippen LogP contribution in [0.3, 0.4) is 0 Å². The maximum Gasteiger partial charge on any atom is 0.320 e. The van der Waals surface area contributed by atoms with Crippen molar-refractivity contribution in [3.05, 3.63) is 23.8 Å². The highest BCUT2D eigenvalue weighted by Crippen LogP contribution is 2.30. The molecule has 0 bridgehead atoms. The van der Waals surface area contributed by atoms with Crippen LogP contribution in [-0.4, -0.2) is 111 Å². The lowest BCUT2D eigenvalue weighted by Crippen LogP contribution is -2.54. The van der Waals surface area contributed by atoms with Crippen LogP contribution in [0.5, 0.6) is 0 Å². The number of carbonyl (C=O) groups excluding carboxylic acids is 3. The Labute approximate surface area is 220 Å². The zero-order valence-electron chi connectivity index (χ0n) is 22.6. The number of anilines is 2. The normalized spacial score (nSPS) is 19.4. The summed E-state index contributed by atoms with van der Waals surface area (Å²) >= 11 is 0. The lowest BCUT2D eigenvalue weighted by atomic mass is 9.92. The van der Waals surface area contributed by atoms with Crippen molar-refractivity contribution >= 4 is 29.2 Å². The largest absolute Gasteiger partial charge is 0.378 e. The fraction of sp³-hybridized carbons (Fsp3) is 0.667. The summed E-state index contributed by atoms with van der Waals surface area (Å²) in [4.78, 5) is 46.9. The number of hydrogen-bond acceptors (Lipinski definition) is 6. The van der Waals surface area contributed by atoms with Crippen LogP contribution in [0.1, 0.15) is 44.0 Å². The number of benzene rings is 1. The summed E-state index contributed by atoms with van der Waals surface area (Å²) in [6, 6.07) is 5.69. The molecule has 0 spiro atoms. The third-order valence-electron chi connectivity index (χ3n) is 7.01. The van der Waals surface area contributed by atoms with Gasteiger partial charge in [-0.3, -0.25) is 9.59 Å². The lowest BCUT2D eigenvalue weighted by Gasteiger charge is -2.40. The van der Waals surface area contributed by atoms with Gasteiger partial charge in [0.2, 0.25) is 5.91 Å². The molecule has 204 valence electrons. The topological polar surface area (TPSA) is 97.5 Å². The van der Waals surface area contributed by atoms with Crippen LogP contribution in [0.25, 0.3) is 0 Å². The SMILES string of the molecule is CC(C)(C)CC(=O)Nc1cc(C(=O)N2CCCNCC2)ccc1N1CCN(C(=O)N2CCOCC2)CC1. The molecule has 0 saturated carbocycles. The molecule has 3 saturated heterocycles. The molecular formula is C27H42N6O4. The van der Waals surface area contributed by atoms with Crippen LogP contribution in [0.4, 0.5) is 16.2 Å². The molecule has 1 aromatic carbocycles. The molecule has 0 radical (unpaired) electrons. The summed E-state index contributed by atoms with van der Waals surface area (Å²) in [6.07, 6.45) is 1.30. The van der Waals surface area contributed by atoms with Crippen LogP contribution in [0, 0.1) is 5.41 Å². The van der Waals surface area contributed by atoms with Crippen molar-refractivity contribution in [1.29, 1.82) is 0 Å². The number of hydrogen-bond donors (Lipinski definition) is 2. The van der Waals surface area contributed by atoms with Crippen LogP contribution in [0.2, 0.25) is 0 Å². The first kappa shape index (κ1) is 27.2. The Bertz CT molecular complexity index is 956. The first-order valence-electron chi connectivity index (χ1n) is 13.5. The van der Waals surface area contributed by atoms with E-state index in [1.807, 2.05) is 53.7 Å². The van der Waals surface area contributed by atoms with Crippen LogP contribution in [-0.2, 0) is 9.53 Å². The third-order valence-corrected chi connectivity index (χ3v) is 7.01. The molecule has 37 heavy (non-hydrogen) atoms. The standard InChI is InChI=1S/C27H42N6O4/c1-27(2,3)20-24(34)29-22-19-21(25(35)31-9-4-7-28-8-10-31)5-6-23(22)30-11-13-32(14-12-30)26(36)33-15-17-37-18-16-33/h5-6,19,28H,4,7-18,20H2,1-3H3,(H,29,34). The Kier molecular flexibility index (Phi) is 8.91. The van der Waals surface area contributed by atoms with Gasteiger partial charge in [-0.15, -0.1) is 0 Å². The number of nitrogens with zero attached hydrogens (tertiary/aromatic N) is 4. The second kappa shape index (κ2) is 12.1. The van der Waals surface area contributed by atoms with E-state index >= 15 is 0 Å². The number of urea groups is 1. The molecule has 3 heterocycles. The number of rotatable bonds is 4. The minimum absolute atomic E-state index is 0.0116. The van der Waals surface area contributed by atoms with Gasteiger partial charge in [0.25, 0.3) is 5.91 Å². The minimum Gasteiger partial charge on any atom is -0.378 e. The van der Waals surface area contributed by atoms with Gasteiger partial charge in [0.1, 0.15) is 0 Å². The molecule has 0 aliphatic carbocycles. The van der Waals surface area contributed by atoms with Gasteiger partial charge in [-0.05, 0) is 36.6 Å². The Morgan fingerprint density at radius 3 is 2.30 bits per heavy atom. The van der Waals surface area contributed by atoms with Gasteiger partial charge in [0.05, 0.1) is 24.6 Å². The highest BCUT2D eigenvalue weighted by atomic mass is 16.5. The first-order valence-corrected chi connectivity index (χ1v) is 13.5. The summed E-state index contributed by atoms with van der Waals surface area (Å²) in [6.45, 7) is 14.1. The predicted octanol–water partition coefficient (Wildman–Crippen LogP) is 2.07. The van der Waals surface area contributed by atoms with E-state index in [4.69, 9.17) is 4.74 Å². The van der Waals surface area contributed by atoms with Crippen molar-refractivity contribution in [3.63, 3.8) is 0 Å². The Morgan fingerprint density at radius 1 is 0.892 bits per heavy atom. The molecule has 4 rings (SSSR count).